The molecule has 0 N–H and O–H groups in total. The Bertz CT molecular complexity index is 893. The Kier molecular flexibility index (Phi) is 5.42. The monoisotopic (exact) mass is 392 g/mol. The average molecular weight is 393 g/mol. The van der Waals surface area contributed by atoms with Crippen LogP contribution in [0, 0.1) is 0 Å². The summed E-state index contributed by atoms with van der Waals surface area (Å²) in [5, 5.41) is 0.636. The lowest BCUT2D eigenvalue weighted by Gasteiger charge is -2.22. The van der Waals surface area contributed by atoms with Gasteiger partial charge in [-0.1, -0.05) is 19.6 Å². The molecule has 7 heteroatoms. The third-order valence-corrected chi connectivity index (χ3v) is 8.66. The molecule has 0 saturated carbocycles. The second-order valence-corrected chi connectivity index (χ2v) is 15.7. The van der Waals surface area contributed by atoms with E-state index in [1.807, 2.05) is 13.0 Å². The fourth-order valence-electron chi connectivity index (χ4n) is 3.32. The molecule has 142 valence electrons. The van der Waals surface area contributed by atoms with Gasteiger partial charge >= 0.3 is 0 Å². The van der Waals surface area contributed by atoms with Crippen LogP contribution in [-0.2, 0) is 10.0 Å². The SMILES string of the molecule is C[C@@H]1CCCN1S(=O)(=O)c1ccc(OCC[Si](C)(C)C)c2ncccc12. The van der Waals surface area contributed by atoms with Crippen LogP contribution in [0.25, 0.3) is 10.9 Å². The van der Waals surface area contributed by atoms with Gasteiger partial charge in [0.1, 0.15) is 11.3 Å². The van der Waals surface area contributed by atoms with Crippen LogP contribution in [0.3, 0.4) is 0 Å². The zero-order valence-corrected chi connectivity index (χ0v) is 17.8. The summed E-state index contributed by atoms with van der Waals surface area (Å²) in [4.78, 5) is 4.75. The molecule has 0 unspecified atom stereocenters. The topological polar surface area (TPSA) is 59.5 Å². The Labute approximate surface area is 157 Å². The number of hydrogen-bond acceptors (Lipinski definition) is 4. The van der Waals surface area contributed by atoms with Gasteiger partial charge in [-0.3, -0.25) is 4.98 Å². The van der Waals surface area contributed by atoms with E-state index < -0.39 is 18.1 Å². The predicted molar refractivity (Wildman–Crippen MR) is 108 cm³/mol. The van der Waals surface area contributed by atoms with Crippen LogP contribution in [0.1, 0.15) is 19.8 Å². The van der Waals surface area contributed by atoms with Crippen molar-refractivity contribution in [2.75, 3.05) is 13.2 Å². The number of hydrogen-bond donors (Lipinski definition) is 0. The molecule has 1 aromatic carbocycles. The van der Waals surface area contributed by atoms with Crippen molar-refractivity contribution in [2.24, 2.45) is 0 Å². The van der Waals surface area contributed by atoms with Gasteiger partial charge in [-0.25, -0.2) is 8.42 Å². The molecule has 2 aromatic rings. The van der Waals surface area contributed by atoms with E-state index in [1.165, 1.54) is 0 Å². The largest absolute Gasteiger partial charge is 0.492 e. The highest BCUT2D eigenvalue weighted by Gasteiger charge is 2.34. The van der Waals surface area contributed by atoms with E-state index in [1.54, 1.807) is 28.7 Å². The first-order valence-corrected chi connectivity index (χ1v) is 14.4. The number of sulfonamides is 1. The molecule has 2 heterocycles. The van der Waals surface area contributed by atoms with Crippen LogP contribution in [0.15, 0.2) is 35.4 Å². The molecular formula is C19H28N2O3SSi. The summed E-state index contributed by atoms with van der Waals surface area (Å²) < 4.78 is 33.9. The molecule has 0 spiro atoms. The van der Waals surface area contributed by atoms with Gasteiger partial charge in [0.15, 0.2) is 0 Å². The van der Waals surface area contributed by atoms with Gasteiger partial charge in [-0.15, -0.1) is 0 Å². The van der Waals surface area contributed by atoms with E-state index in [-0.39, 0.29) is 6.04 Å². The molecule has 0 amide bonds. The maximum atomic E-state index is 13.2. The van der Waals surface area contributed by atoms with Crippen molar-refractivity contribution in [3.8, 4) is 5.75 Å². The van der Waals surface area contributed by atoms with E-state index in [4.69, 9.17) is 4.74 Å². The van der Waals surface area contributed by atoms with Gasteiger partial charge in [0.05, 0.1) is 11.5 Å². The van der Waals surface area contributed by atoms with Crippen LogP contribution in [0.2, 0.25) is 25.7 Å². The highest BCUT2D eigenvalue weighted by atomic mass is 32.2. The van der Waals surface area contributed by atoms with E-state index in [0.29, 0.717) is 34.7 Å². The summed E-state index contributed by atoms with van der Waals surface area (Å²) in [6.45, 7) is 10.1. The van der Waals surface area contributed by atoms with Gasteiger partial charge in [0.25, 0.3) is 0 Å². The number of fused-ring (bicyclic) bond motifs is 1. The van der Waals surface area contributed by atoms with Crippen LogP contribution < -0.4 is 4.74 Å². The van der Waals surface area contributed by atoms with Crippen LogP contribution in [0.5, 0.6) is 5.75 Å². The molecule has 1 atom stereocenters. The standard InChI is InChI=1S/C19H28N2O3SSi/c1-15-7-6-12-21(15)25(22,23)18-10-9-17(24-13-14-26(2,3)4)19-16(18)8-5-11-20-19/h5,8-11,15H,6-7,12-14H2,1-4H3/t15-/m1/s1. The van der Waals surface area contributed by atoms with Crippen molar-refractivity contribution >= 4 is 29.0 Å². The molecule has 0 radical (unpaired) electrons. The van der Waals surface area contributed by atoms with Gasteiger partial charge in [0, 0.05) is 32.2 Å². The van der Waals surface area contributed by atoms with Crippen molar-refractivity contribution in [2.45, 2.75) is 56.4 Å². The van der Waals surface area contributed by atoms with Gasteiger partial charge in [-0.2, -0.15) is 4.31 Å². The summed E-state index contributed by atoms with van der Waals surface area (Å²) >= 11 is 0. The third-order valence-electron chi connectivity index (χ3n) is 4.88. The molecule has 1 aliphatic rings. The summed E-state index contributed by atoms with van der Waals surface area (Å²) in [5.41, 5.74) is 0.621. The van der Waals surface area contributed by atoms with Crippen molar-refractivity contribution in [1.82, 2.24) is 9.29 Å². The lowest BCUT2D eigenvalue weighted by Crippen LogP contribution is -2.33. The molecular weight excluding hydrogens is 364 g/mol. The minimum atomic E-state index is -3.53. The zero-order chi connectivity index (χ0) is 18.9. The molecule has 3 rings (SSSR count). The summed E-state index contributed by atoms with van der Waals surface area (Å²) in [5.74, 6) is 0.660. The van der Waals surface area contributed by atoms with E-state index in [2.05, 4.69) is 24.6 Å². The number of aromatic nitrogens is 1. The molecule has 1 saturated heterocycles. The minimum absolute atomic E-state index is 0.0411. The molecule has 0 aliphatic carbocycles. The van der Waals surface area contributed by atoms with Crippen LogP contribution >= 0.6 is 0 Å². The smallest absolute Gasteiger partial charge is 0.243 e. The molecule has 1 fully saturated rings. The Balaban J connectivity index is 1.98. The van der Waals surface area contributed by atoms with Crippen molar-refractivity contribution in [3.05, 3.63) is 30.5 Å². The summed E-state index contributed by atoms with van der Waals surface area (Å²) in [6, 6.07) is 8.12. The van der Waals surface area contributed by atoms with Crippen LogP contribution in [0.4, 0.5) is 0 Å². The minimum Gasteiger partial charge on any atom is -0.492 e. The van der Waals surface area contributed by atoms with Crippen molar-refractivity contribution < 1.29 is 13.2 Å². The van der Waals surface area contributed by atoms with E-state index in [9.17, 15) is 8.42 Å². The molecule has 1 aliphatic heterocycles. The Morgan fingerprint density at radius 2 is 2.04 bits per heavy atom. The molecule has 1 aromatic heterocycles. The van der Waals surface area contributed by atoms with Crippen molar-refractivity contribution in [1.29, 1.82) is 0 Å². The average Bonchev–Trinajstić information content (AvgIpc) is 3.00. The van der Waals surface area contributed by atoms with Crippen molar-refractivity contribution in [3.63, 3.8) is 0 Å². The second kappa shape index (κ2) is 7.29. The fourth-order valence-corrected chi connectivity index (χ4v) is 5.92. The number of benzene rings is 1. The Morgan fingerprint density at radius 3 is 2.69 bits per heavy atom. The quantitative estimate of drug-likeness (QED) is 0.694. The second-order valence-electron chi connectivity index (χ2n) is 8.23. The maximum Gasteiger partial charge on any atom is 0.243 e. The first-order valence-electron chi connectivity index (χ1n) is 9.22. The first kappa shape index (κ1) is 19.3. The number of ether oxygens (including phenoxy) is 1. The highest BCUT2D eigenvalue weighted by molar-refractivity contribution is 7.89. The summed E-state index contributed by atoms with van der Waals surface area (Å²) in [6.07, 6.45) is 3.50. The van der Waals surface area contributed by atoms with Gasteiger partial charge < -0.3 is 4.74 Å². The van der Waals surface area contributed by atoms with Gasteiger partial charge in [0.2, 0.25) is 10.0 Å². The first-order chi connectivity index (χ1) is 12.2. The number of rotatable bonds is 6. The van der Waals surface area contributed by atoms with E-state index >= 15 is 0 Å². The normalized spacial score (nSPS) is 19.2. The van der Waals surface area contributed by atoms with Crippen LogP contribution in [-0.4, -0.2) is 45.0 Å². The van der Waals surface area contributed by atoms with E-state index in [0.717, 1.165) is 18.9 Å². The highest BCUT2D eigenvalue weighted by Crippen LogP contribution is 2.33. The number of pyridine rings is 1. The third kappa shape index (κ3) is 3.94. The maximum absolute atomic E-state index is 13.2. The zero-order valence-electron chi connectivity index (χ0n) is 16.0. The Hall–Kier alpha value is -1.44. The lowest BCUT2D eigenvalue weighted by molar-refractivity contribution is 0.341. The fraction of sp³-hybridized carbons (Fsp3) is 0.526. The Morgan fingerprint density at radius 1 is 1.27 bits per heavy atom. The van der Waals surface area contributed by atoms with Gasteiger partial charge in [-0.05, 0) is 50.1 Å². The molecule has 5 nitrogen and oxygen atoms in total. The summed E-state index contributed by atoms with van der Waals surface area (Å²) in [7, 11) is -4.72. The predicted octanol–water partition coefficient (Wildman–Crippen LogP) is 4.12. The molecule has 26 heavy (non-hydrogen) atoms. The lowest BCUT2D eigenvalue weighted by atomic mass is 10.2. The molecule has 0 bridgehead atoms. The number of nitrogens with zero attached hydrogens (tertiary/aromatic N) is 2.